The van der Waals surface area contributed by atoms with Gasteiger partial charge in [0.1, 0.15) is 6.33 Å². The van der Waals surface area contributed by atoms with Crippen molar-refractivity contribution in [2.45, 2.75) is 13.8 Å². The van der Waals surface area contributed by atoms with Crippen molar-refractivity contribution in [1.29, 1.82) is 0 Å². The molecule has 2 aromatic heterocycles. The van der Waals surface area contributed by atoms with Crippen LogP contribution in [0.4, 0.5) is 5.95 Å². The van der Waals surface area contributed by atoms with Gasteiger partial charge in [0.15, 0.2) is 5.82 Å². The lowest BCUT2D eigenvalue weighted by Gasteiger charge is -2.09. The van der Waals surface area contributed by atoms with E-state index >= 15 is 0 Å². The average Bonchev–Trinajstić information content (AvgIpc) is 2.62. The van der Waals surface area contributed by atoms with Crippen LogP contribution in [0.2, 0.25) is 0 Å². The zero-order chi connectivity index (χ0) is 12.6. The van der Waals surface area contributed by atoms with Crippen LogP contribution in [0.5, 0.6) is 0 Å². The largest absolute Gasteiger partial charge is 0.366 e. The minimum atomic E-state index is -0.556. The molecule has 0 aromatic carbocycles. The number of carbonyl (C=O) groups is 1. The van der Waals surface area contributed by atoms with Gasteiger partial charge in [-0.1, -0.05) is 0 Å². The Bertz CT molecular complexity index is 588. The average molecular weight is 232 g/mol. The van der Waals surface area contributed by atoms with E-state index < -0.39 is 5.91 Å². The summed E-state index contributed by atoms with van der Waals surface area (Å²) >= 11 is 0. The fourth-order valence-corrected chi connectivity index (χ4v) is 1.67. The lowest BCUT2D eigenvalue weighted by atomic mass is 10.1. The van der Waals surface area contributed by atoms with Gasteiger partial charge in [-0.15, -0.1) is 5.10 Å². The molecule has 88 valence electrons. The highest BCUT2D eigenvalue weighted by atomic mass is 16.1. The number of anilines is 1. The summed E-state index contributed by atoms with van der Waals surface area (Å²) in [6, 6.07) is 1.78. The summed E-state index contributed by atoms with van der Waals surface area (Å²) in [5.74, 6) is -0.0975. The number of nitrogen functional groups attached to an aromatic ring is 1. The standard InChI is InChI=1S/C10H12N6O/c1-5-3-6(2)14-9(7(5)8(11)17)16-4-13-10(12)15-16/h3-4H,1-2H3,(H2,11,17)(H2,12,15). The molecule has 2 heterocycles. The Hall–Kier alpha value is -2.44. The van der Waals surface area contributed by atoms with Crippen LogP contribution in [-0.2, 0) is 0 Å². The van der Waals surface area contributed by atoms with Gasteiger partial charge in [0, 0.05) is 5.69 Å². The van der Waals surface area contributed by atoms with Crippen molar-refractivity contribution in [3.05, 3.63) is 29.2 Å². The summed E-state index contributed by atoms with van der Waals surface area (Å²) in [6.07, 6.45) is 1.39. The number of carbonyl (C=O) groups excluding carboxylic acids is 1. The molecule has 17 heavy (non-hydrogen) atoms. The van der Waals surface area contributed by atoms with Crippen LogP contribution in [0.3, 0.4) is 0 Å². The second-order valence-corrected chi connectivity index (χ2v) is 3.69. The summed E-state index contributed by atoms with van der Waals surface area (Å²) in [7, 11) is 0. The number of pyridine rings is 1. The van der Waals surface area contributed by atoms with Crippen LogP contribution < -0.4 is 11.5 Å². The zero-order valence-corrected chi connectivity index (χ0v) is 9.51. The fraction of sp³-hybridized carbons (Fsp3) is 0.200. The number of aromatic nitrogens is 4. The molecule has 2 rings (SSSR count). The molecule has 2 aromatic rings. The maximum atomic E-state index is 11.4. The van der Waals surface area contributed by atoms with Gasteiger partial charge in [-0.2, -0.15) is 4.68 Å². The molecule has 0 radical (unpaired) electrons. The first-order valence-electron chi connectivity index (χ1n) is 4.94. The maximum absolute atomic E-state index is 11.4. The Labute approximate surface area is 97.5 Å². The Balaban J connectivity index is 2.71. The molecule has 0 saturated heterocycles. The highest BCUT2D eigenvalue weighted by molar-refractivity contribution is 5.97. The molecule has 0 aliphatic heterocycles. The number of rotatable bonds is 2. The van der Waals surface area contributed by atoms with E-state index in [9.17, 15) is 4.79 Å². The Morgan fingerprint density at radius 3 is 2.65 bits per heavy atom. The van der Waals surface area contributed by atoms with Crippen LogP contribution in [-0.4, -0.2) is 25.7 Å². The fourth-order valence-electron chi connectivity index (χ4n) is 1.67. The van der Waals surface area contributed by atoms with Gasteiger partial charge in [0.05, 0.1) is 5.56 Å². The van der Waals surface area contributed by atoms with Crippen LogP contribution in [0, 0.1) is 13.8 Å². The summed E-state index contributed by atoms with van der Waals surface area (Å²) in [5, 5.41) is 3.92. The molecular weight excluding hydrogens is 220 g/mol. The third-order valence-corrected chi connectivity index (χ3v) is 2.30. The van der Waals surface area contributed by atoms with E-state index in [1.54, 1.807) is 13.0 Å². The quantitative estimate of drug-likeness (QED) is 0.754. The SMILES string of the molecule is Cc1cc(C)c(C(N)=O)c(-n2cnc(N)n2)n1. The topological polar surface area (TPSA) is 113 Å². The van der Waals surface area contributed by atoms with Crippen LogP contribution in [0.15, 0.2) is 12.4 Å². The summed E-state index contributed by atoms with van der Waals surface area (Å²) in [4.78, 5) is 19.5. The molecule has 0 aliphatic rings. The summed E-state index contributed by atoms with van der Waals surface area (Å²) in [5.41, 5.74) is 12.6. The Morgan fingerprint density at radius 1 is 1.41 bits per heavy atom. The van der Waals surface area contributed by atoms with Crippen molar-refractivity contribution in [2.24, 2.45) is 5.73 Å². The molecule has 0 saturated carbocycles. The van der Waals surface area contributed by atoms with E-state index in [0.29, 0.717) is 11.4 Å². The first-order chi connectivity index (χ1) is 7.99. The van der Waals surface area contributed by atoms with Crippen molar-refractivity contribution in [1.82, 2.24) is 19.7 Å². The number of hydrogen-bond donors (Lipinski definition) is 2. The summed E-state index contributed by atoms with van der Waals surface area (Å²) < 4.78 is 1.34. The van der Waals surface area contributed by atoms with E-state index in [1.165, 1.54) is 11.0 Å². The highest BCUT2D eigenvalue weighted by Gasteiger charge is 2.16. The first kappa shape index (κ1) is 11.1. The molecule has 7 heteroatoms. The number of hydrogen-bond acceptors (Lipinski definition) is 5. The molecule has 7 nitrogen and oxygen atoms in total. The van der Waals surface area contributed by atoms with Crippen LogP contribution >= 0.6 is 0 Å². The van der Waals surface area contributed by atoms with Crippen molar-refractivity contribution < 1.29 is 4.79 Å². The lowest BCUT2D eigenvalue weighted by Crippen LogP contribution is -2.18. The zero-order valence-electron chi connectivity index (χ0n) is 9.51. The molecular formula is C10H12N6O. The number of aryl methyl sites for hydroxylation is 2. The van der Waals surface area contributed by atoms with Crippen molar-refractivity contribution in [3.63, 3.8) is 0 Å². The van der Waals surface area contributed by atoms with E-state index in [-0.39, 0.29) is 5.95 Å². The highest BCUT2D eigenvalue weighted by Crippen LogP contribution is 2.16. The third kappa shape index (κ3) is 1.94. The van der Waals surface area contributed by atoms with Gasteiger partial charge in [-0.3, -0.25) is 4.79 Å². The maximum Gasteiger partial charge on any atom is 0.252 e. The molecule has 0 fully saturated rings. The van der Waals surface area contributed by atoms with Crippen molar-refractivity contribution in [3.8, 4) is 5.82 Å². The van der Waals surface area contributed by atoms with Gasteiger partial charge in [0.2, 0.25) is 5.95 Å². The summed E-state index contributed by atoms with van der Waals surface area (Å²) in [6.45, 7) is 3.61. The molecule has 0 spiro atoms. The number of amides is 1. The van der Waals surface area contributed by atoms with E-state index in [4.69, 9.17) is 11.5 Å². The van der Waals surface area contributed by atoms with Crippen molar-refractivity contribution >= 4 is 11.9 Å². The molecule has 0 unspecified atom stereocenters. The van der Waals surface area contributed by atoms with Crippen LogP contribution in [0.1, 0.15) is 21.6 Å². The Kier molecular flexibility index (Phi) is 2.51. The van der Waals surface area contributed by atoms with E-state index in [1.807, 2.05) is 6.92 Å². The predicted molar refractivity (Wildman–Crippen MR) is 61.6 cm³/mol. The van der Waals surface area contributed by atoms with Gasteiger partial charge in [-0.25, -0.2) is 9.97 Å². The molecule has 0 aliphatic carbocycles. The van der Waals surface area contributed by atoms with Gasteiger partial charge < -0.3 is 11.5 Å². The minimum Gasteiger partial charge on any atom is -0.366 e. The predicted octanol–water partition coefficient (Wildman–Crippen LogP) is -0.0398. The normalized spacial score (nSPS) is 10.5. The van der Waals surface area contributed by atoms with Gasteiger partial charge in [-0.05, 0) is 25.5 Å². The number of nitrogens with zero attached hydrogens (tertiary/aromatic N) is 4. The molecule has 0 atom stereocenters. The van der Waals surface area contributed by atoms with Gasteiger partial charge in [0.25, 0.3) is 5.91 Å². The second kappa shape index (κ2) is 3.85. The first-order valence-corrected chi connectivity index (χ1v) is 4.94. The lowest BCUT2D eigenvalue weighted by molar-refractivity contribution is 0.0999. The van der Waals surface area contributed by atoms with E-state index in [2.05, 4.69) is 15.1 Å². The number of primary amides is 1. The Morgan fingerprint density at radius 2 is 2.12 bits per heavy atom. The molecule has 0 bridgehead atoms. The minimum absolute atomic E-state index is 0.112. The number of nitrogens with two attached hydrogens (primary N) is 2. The van der Waals surface area contributed by atoms with Gasteiger partial charge >= 0.3 is 0 Å². The third-order valence-electron chi connectivity index (χ3n) is 2.30. The van der Waals surface area contributed by atoms with Crippen molar-refractivity contribution in [2.75, 3.05) is 5.73 Å². The monoisotopic (exact) mass is 232 g/mol. The van der Waals surface area contributed by atoms with Crippen LogP contribution in [0.25, 0.3) is 5.82 Å². The molecule has 4 N–H and O–H groups in total. The van der Waals surface area contributed by atoms with E-state index in [0.717, 1.165) is 11.3 Å². The smallest absolute Gasteiger partial charge is 0.252 e. The second-order valence-electron chi connectivity index (χ2n) is 3.69. The molecule has 1 amide bonds.